The number of amides is 1. The van der Waals surface area contributed by atoms with Gasteiger partial charge in [-0.05, 0) is 74.4 Å². The molecule has 0 aliphatic carbocycles. The molecule has 1 unspecified atom stereocenters. The second kappa shape index (κ2) is 11.9. The number of nitrogens with one attached hydrogen (secondary N) is 2. The minimum absolute atomic E-state index is 0.0104. The number of rotatable bonds is 6. The smallest absolute Gasteiger partial charge is 0.410 e. The summed E-state index contributed by atoms with van der Waals surface area (Å²) in [4.78, 5) is 22.2. The number of aromatic nitrogens is 2. The second-order valence-electron chi connectivity index (χ2n) is 11.4. The van der Waals surface area contributed by atoms with Gasteiger partial charge in [0.2, 0.25) is 0 Å². The highest BCUT2D eigenvalue weighted by Gasteiger charge is 2.31. The van der Waals surface area contributed by atoms with Crippen molar-refractivity contribution in [2.24, 2.45) is 5.92 Å². The van der Waals surface area contributed by atoms with E-state index in [9.17, 15) is 14.4 Å². The second-order valence-corrected chi connectivity index (χ2v) is 11.9. The first-order chi connectivity index (χ1) is 19.6. The van der Waals surface area contributed by atoms with Crippen LogP contribution >= 0.6 is 11.6 Å². The fourth-order valence-corrected chi connectivity index (χ4v) is 5.46. The summed E-state index contributed by atoms with van der Waals surface area (Å²) in [5, 5.41) is 13.0. The third-order valence-corrected chi connectivity index (χ3v) is 7.61. The van der Waals surface area contributed by atoms with Crippen LogP contribution in [0.3, 0.4) is 0 Å². The quantitative estimate of drug-likeness (QED) is 0.251. The van der Waals surface area contributed by atoms with Gasteiger partial charge in [0.25, 0.3) is 0 Å². The van der Waals surface area contributed by atoms with Crippen LogP contribution in [0.2, 0.25) is 5.02 Å². The minimum Gasteiger partial charge on any atom is -0.444 e. The Bertz CT molecular complexity index is 1540. The van der Waals surface area contributed by atoms with Crippen molar-refractivity contribution in [3.05, 3.63) is 88.5 Å². The molecule has 1 atom stereocenters. The van der Waals surface area contributed by atoms with Gasteiger partial charge in [-0.15, -0.1) is 0 Å². The van der Waals surface area contributed by atoms with Gasteiger partial charge in [-0.2, -0.15) is 5.26 Å². The number of nitrogens with zero attached hydrogens (tertiary/aromatic N) is 3. The lowest BCUT2D eigenvalue weighted by molar-refractivity contribution is 0.0168. The van der Waals surface area contributed by atoms with Crippen LogP contribution in [-0.2, 0) is 11.3 Å². The summed E-state index contributed by atoms with van der Waals surface area (Å²) < 4.78 is 19.5. The molecule has 1 amide bonds. The number of H-pyrrole nitrogens is 1. The average Bonchev–Trinajstić information content (AvgIpc) is 3.34. The summed E-state index contributed by atoms with van der Waals surface area (Å²) in [7, 11) is 0. The molecule has 0 radical (unpaired) electrons. The number of halogens is 2. The molecule has 4 aromatic rings. The zero-order valence-corrected chi connectivity index (χ0v) is 24.1. The van der Waals surface area contributed by atoms with E-state index < -0.39 is 11.4 Å². The molecule has 1 aliphatic heterocycles. The number of carbonyl (C=O) groups is 1. The van der Waals surface area contributed by atoms with E-state index in [1.807, 2.05) is 39.0 Å². The van der Waals surface area contributed by atoms with Crippen LogP contribution < -0.4 is 5.32 Å². The molecule has 0 saturated carbocycles. The van der Waals surface area contributed by atoms with Crippen LogP contribution in [0.15, 0.2) is 60.7 Å². The summed E-state index contributed by atoms with van der Waals surface area (Å²) in [5.41, 5.74) is 4.42. The number of hydrogen-bond donors (Lipinski definition) is 2. The Kier molecular flexibility index (Phi) is 8.30. The summed E-state index contributed by atoms with van der Waals surface area (Å²) in [5.74, 6) is 0.456. The standard InChI is InChI=1S/C32H33ClFN5O2/c1-32(2,3)41-31(40)39-13-11-23(12-14-39)30(36-19-29-37-27-16-25(33)26(34)17-28(27)38-29)22-9-7-21(8-10-22)24-6-4-5-20(15-24)18-35/h4-10,15-17,23,30,36H,11-14,19H2,1-3H3,(H,37,38). The highest BCUT2D eigenvalue weighted by molar-refractivity contribution is 6.31. The fourth-order valence-electron chi connectivity index (χ4n) is 5.30. The van der Waals surface area contributed by atoms with E-state index in [1.165, 1.54) is 12.1 Å². The van der Waals surface area contributed by atoms with Crippen molar-refractivity contribution in [1.29, 1.82) is 5.26 Å². The number of aromatic amines is 1. The number of likely N-dealkylation sites (tertiary alicyclic amines) is 1. The highest BCUT2D eigenvalue weighted by Crippen LogP contribution is 2.33. The topological polar surface area (TPSA) is 94.0 Å². The summed E-state index contributed by atoms with van der Waals surface area (Å²) in [6.07, 6.45) is 1.34. The predicted octanol–water partition coefficient (Wildman–Crippen LogP) is 7.37. The van der Waals surface area contributed by atoms with Gasteiger partial charge in [-0.3, -0.25) is 0 Å². The molecule has 1 fully saturated rings. The normalized spacial score (nSPS) is 15.1. The molecule has 1 aromatic heterocycles. The maximum Gasteiger partial charge on any atom is 0.410 e. The summed E-state index contributed by atoms with van der Waals surface area (Å²) in [6.45, 7) is 7.28. The van der Waals surface area contributed by atoms with Crippen molar-refractivity contribution >= 4 is 28.7 Å². The third kappa shape index (κ3) is 6.87. The van der Waals surface area contributed by atoms with E-state index in [4.69, 9.17) is 16.3 Å². The summed E-state index contributed by atoms with van der Waals surface area (Å²) >= 11 is 5.95. The van der Waals surface area contributed by atoms with E-state index >= 15 is 0 Å². The van der Waals surface area contributed by atoms with Crippen LogP contribution in [0.25, 0.3) is 22.2 Å². The highest BCUT2D eigenvalue weighted by atomic mass is 35.5. The van der Waals surface area contributed by atoms with Crippen LogP contribution in [0, 0.1) is 23.1 Å². The van der Waals surface area contributed by atoms with E-state index in [0.29, 0.717) is 42.1 Å². The molecule has 1 aliphatic rings. The molecule has 2 heterocycles. The van der Waals surface area contributed by atoms with Crippen molar-refractivity contribution in [2.45, 2.75) is 51.8 Å². The van der Waals surface area contributed by atoms with Gasteiger partial charge in [-0.25, -0.2) is 14.2 Å². The third-order valence-electron chi connectivity index (χ3n) is 7.32. The van der Waals surface area contributed by atoms with Gasteiger partial charge >= 0.3 is 6.09 Å². The number of benzene rings is 3. The Morgan fingerprint density at radius 2 is 1.90 bits per heavy atom. The van der Waals surface area contributed by atoms with Gasteiger partial charge in [0.1, 0.15) is 17.2 Å². The van der Waals surface area contributed by atoms with Crippen molar-refractivity contribution in [3.8, 4) is 17.2 Å². The van der Waals surface area contributed by atoms with E-state index in [-0.39, 0.29) is 23.1 Å². The number of ether oxygens (including phenoxy) is 1. The number of piperidine rings is 1. The maximum absolute atomic E-state index is 14.0. The molecular formula is C32H33ClFN5O2. The lowest BCUT2D eigenvalue weighted by atomic mass is 9.85. The van der Waals surface area contributed by atoms with Crippen molar-refractivity contribution in [2.75, 3.05) is 13.1 Å². The van der Waals surface area contributed by atoms with Gasteiger partial charge in [-0.1, -0.05) is 48.0 Å². The molecule has 0 spiro atoms. The predicted molar refractivity (Wildman–Crippen MR) is 158 cm³/mol. The Morgan fingerprint density at radius 3 is 2.59 bits per heavy atom. The molecule has 2 N–H and O–H groups in total. The monoisotopic (exact) mass is 573 g/mol. The molecule has 7 nitrogen and oxygen atoms in total. The van der Waals surface area contributed by atoms with Crippen LogP contribution in [-0.4, -0.2) is 39.7 Å². The zero-order valence-electron chi connectivity index (χ0n) is 23.4. The minimum atomic E-state index is -0.535. The van der Waals surface area contributed by atoms with Crippen LogP contribution in [0.5, 0.6) is 0 Å². The van der Waals surface area contributed by atoms with Gasteiger partial charge in [0.15, 0.2) is 0 Å². The number of fused-ring (bicyclic) bond motifs is 1. The Balaban J connectivity index is 1.36. The maximum atomic E-state index is 14.0. The first-order valence-electron chi connectivity index (χ1n) is 13.7. The largest absolute Gasteiger partial charge is 0.444 e. The fraction of sp³-hybridized carbons (Fsp3) is 0.344. The van der Waals surface area contributed by atoms with E-state index in [0.717, 1.165) is 29.5 Å². The number of nitriles is 1. The SMILES string of the molecule is CC(C)(C)OC(=O)N1CCC(C(NCc2nc3cc(Cl)c(F)cc3[nH]2)c2ccc(-c3cccc(C#N)c3)cc2)CC1. The molecule has 0 bridgehead atoms. The molecular weight excluding hydrogens is 541 g/mol. The van der Waals surface area contributed by atoms with Crippen molar-refractivity contribution in [3.63, 3.8) is 0 Å². The van der Waals surface area contributed by atoms with Crippen LogP contribution in [0.4, 0.5) is 9.18 Å². The lowest BCUT2D eigenvalue weighted by Crippen LogP contribution is -2.44. The van der Waals surface area contributed by atoms with Crippen LogP contribution in [0.1, 0.15) is 56.6 Å². The Morgan fingerprint density at radius 1 is 1.17 bits per heavy atom. The van der Waals surface area contributed by atoms with Crippen molar-refractivity contribution < 1.29 is 13.9 Å². The molecule has 1 saturated heterocycles. The molecule has 41 heavy (non-hydrogen) atoms. The molecule has 3 aromatic carbocycles. The average molecular weight is 574 g/mol. The zero-order chi connectivity index (χ0) is 29.1. The lowest BCUT2D eigenvalue weighted by Gasteiger charge is -2.37. The number of imidazole rings is 1. The number of carbonyl (C=O) groups excluding carboxylic acids is 1. The molecule has 212 valence electrons. The van der Waals surface area contributed by atoms with Gasteiger partial charge < -0.3 is 19.9 Å². The van der Waals surface area contributed by atoms with E-state index in [1.54, 1.807) is 11.0 Å². The van der Waals surface area contributed by atoms with E-state index in [2.05, 4.69) is 45.6 Å². The summed E-state index contributed by atoms with van der Waals surface area (Å²) in [6, 6.07) is 21.0. The van der Waals surface area contributed by atoms with Crippen molar-refractivity contribution in [1.82, 2.24) is 20.2 Å². The Hall–Kier alpha value is -3.93. The van der Waals surface area contributed by atoms with Gasteiger partial charge in [0, 0.05) is 25.2 Å². The number of hydrogen-bond acceptors (Lipinski definition) is 5. The molecule has 9 heteroatoms. The Labute approximate surface area is 244 Å². The first-order valence-corrected chi connectivity index (χ1v) is 14.1. The first kappa shape index (κ1) is 28.6. The molecule has 5 rings (SSSR count). The van der Waals surface area contributed by atoms with Gasteiger partial charge in [0.05, 0.1) is 34.2 Å².